The average Bonchev–Trinajstić information content (AvgIpc) is 2.17. The van der Waals surface area contributed by atoms with Gasteiger partial charge in [-0.25, -0.2) is 4.85 Å². The molecule has 0 N–H and O–H groups in total. The largest absolute Gasteiger partial charge is 0.345 e. The molecule has 1 aromatic carbocycles. The van der Waals surface area contributed by atoms with Crippen molar-refractivity contribution in [2.45, 2.75) is 0 Å². The topological polar surface area (TPSA) is 24.7 Å². The van der Waals surface area contributed by atoms with Gasteiger partial charge in [0, 0.05) is 19.7 Å². The maximum absolute atomic E-state index is 11.4. The Morgan fingerprint density at radius 3 is 2.23 bits per heavy atom. The summed E-state index contributed by atoms with van der Waals surface area (Å²) in [5.74, 6) is -0.0449. The van der Waals surface area contributed by atoms with E-state index in [1.807, 2.05) is 0 Å². The predicted octanol–water partition coefficient (Wildman–Crippen LogP) is 1.94. The van der Waals surface area contributed by atoms with Gasteiger partial charge in [0.25, 0.3) is 5.91 Å². The molecule has 0 heterocycles. The molecular formula is C10H10N2O. The van der Waals surface area contributed by atoms with Crippen molar-refractivity contribution in [3.8, 4) is 0 Å². The predicted molar refractivity (Wildman–Crippen MR) is 50.7 cm³/mol. The molecule has 0 spiro atoms. The Balaban J connectivity index is 2.94. The van der Waals surface area contributed by atoms with Gasteiger partial charge in [-0.1, -0.05) is 24.3 Å². The van der Waals surface area contributed by atoms with E-state index in [0.29, 0.717) is 11.3 Å². The number of nitrogens with zero attached hydrogens (tertiary/aromatic N) is 2. The smallest absolute Gasteiger partial charge is 0.253 e. The van der Waals surface area contributed by atoms with E-state index in [4.69, 9.17) is 6.57 Å². The van der Waals surface area contributed by atoms with Gasteiger partial charge in [0.15, 0.2) is 5.69 Å². The fourth-order valence-corrected chi connectivity index (χ4v) is 0.937. The summed E-state index contributed by atoms with van der Waals surface area (Å²) >= 11 is 0. The Kier molecular flexibility index (Phi) is 2.65. The van der Waals surface area contributed by atoms with Crippen LogP contribution in [0.2, 0.25) is 0 Å². The Bertz CT molecular complexity index is 346. The van der Waals surface area contributed by atoms with Gasteiger partial charge in [-0.15, -0.1) is 0 Å². The molecule has 0 bridgehead atoms. The third-order valence-corrected chi connectivity index (χ3v) is 1.65. The van der Waals surface area contributed by atoms with Crippen LogP contribution in [-0.4, -0.2) is 24.9 Å². The lowest BCUT2D eigenvalue weighted by Gasteiger charge is -2.09. The number of benzene rings is 1. The van der Waals surface area contributed by atoms with Gasteiger partial charge in [-0.3, -0.25) is 4.79 Å². The standard InChI is InChI=1S/C10H10N2O/c1-11-9-6-4-8(5-7-9)10(13)12(2)3/h4-7H,2-3H3. The van der Waals surface area contributed by atoms with Crippen molar-refractivity contribution in [3.05, 3.63) is 41.2 Å². The summed E-state index contributed by atoms with van der Waals surface area (Å²) in [4.78, 5) is 16.1. The van der Waals surface area contributed by atoms with Crippen LogP contribution in [-0.2, 0) is 0 Å². The minimum absolute atomic E-state index is 0.0449. The Morgan fingerprint density at radius 2 is 1.85 bits per heavy atom. The molecule has 0 fully saturated rings. The minimum Gasteiger partial charge on any atom is -0.345 e. The van der Waals surface area contributed by atoms with Crippen LogP contribution in [0, 0.1) is 6.57 Å². The highest BCUT2D eigenvalue weighted by molar-refractivity contribution is 5.94. The molecule has 1 rings (SSSR count). The van der Waals surface area contributed by atoms with Gasteiger partial charge in [-0.05, 0) is 0 Å². The van der Waals surface area contributed by atoms with Gasteiger partial charge in [0.1, 0.15) is 0 Å². The van der Waals surface area contributed by atoms with Crippen LogP contribution in [0.1, 0.15) is 10.4 Å². The first-order valence-corrected chi connectivity index (χ1v) is 3.84. The summed E-state index contributed by atoms with van der Waals surface area (Å²) in [5, 5.41) is 0. The van der Waals surface area contributed by atoms with Crippen LogP contribution in [0.25, 0.3) is 4.85 Å². The van der Waals surface area contributed by atoms with E-state index in [1.165, 1.54) is 4.90 Å². The van der Waals surface area contributed by atoms with Gasteiger partial charge >= 0.3 is 0 Å². The average molecular weight is 174 g/mol. The van der Waals surface area contributed by atoms with E-state index >= 15 is 0 Å². The molecule has 13 heavy (non-hydrogen) atoms. The van der Waals surface area contributed by atoms with E-state index in [0.717, 1.165) is 0 Å². The van der Waals surface area contributed by atoms with E-state index < -0.39 is 0 Å². The normalized spacial score (nSPS) is 9.00. The fraction of sp³-hybridized carbons (Fsp3) is 0.200. The first-order valence-electron chi connectivity index (χ1n) is 3.84. The molecule has 1 amide bonds. The van der Waals surface area contributed by atoms with Crippen LogP contribution < -0.4 is 0 Å². The lowest BCUT2D eigenvalue weighted by Crippen LogP contribution is -2.21. The first kappa shape index (κ1) is 9.27. The third-order valence-electron chi connectivity index (χ3n) is 1.65. The molecule has 3 nitrogen and oxygen atoms in total. The fourth-order valence-electron chi connectivity index (χ4n) is 0.937. The zero-order valence-corrected chi connectivity index (χ0v) is 7.61. The summed E-state index contributed by atoms with van der Waals surface area (Å²) < 4.78 is 0. The molecule has 0 aromatic heterocycles. The van der Waals surface area contributed by atoms with Crippen LogP contribution in [0.3, 0.4) is 0 Å². The van der Waals surface area contributed by atoms with E-state index in [2.05, 4.69) is 4.85 Å². The van der Waals surface area contributed by atoms with Crippen LogP contribution >= 0.6 is 0 Å². The van der Waals surface area contributed by atoms with Crippen LogP contribution in [0.4, 0.5) is 5.69 Å². The number of hydrogen-bond acceptors (Lipinski definition) is 1. The summed E-state index contributed by atoms with van der Waals surface area (Å²) in [5.41, 5.74) is 1.16. The Hall–Kier alpha value is -1.82. The SMILES string of the molecule is [C-]#[N+]c1ccc(C(=O)N(C)C)cc1. The highest BCUT2D eigenvalue weighted by Crippen LogP contribution is 2.13. The van der Waals surface area contributed by atoms with Crippen molar-refractivity contribution < 1.29 is 4.79 Å². The molecule has 0 atom stereocenters. The molecular weight excluding hydrogens is 164 g/mol. The number of carbonyl (C=O) groups excluding carboxylic acids is 1. The van der Waals surface area contributed by atoms with Gasteiger partial charge in [0.05, 0.1) is 6.57 Å². The maximum atomic E-state index is 11.4. The monoisotopic (exact) mass is 174 g/mol. The first-order chi connectivity index (χ1) is 6.15. The van der Waals surface area contributed by atoms with E-state index in [9.17, 15) is 4.79 Å². The van der Waals surface area contributed by atoms with Crippen molar-refractivity contribution in [2.24, 2.45) is 0 Å². The van der Waals surface area contributed by atoms with Crippen molar-refractivity contribution in [1.82, 2.24) is 4.90 Å². The number of amides is 1. The van der Waals surface area contributed by atoms with Gasteiger partial charge < -0.3 is 4.90 Å². The van der Waals surface area contributed by atoms with Gasteiger partial charge in [-0.2, -0.15) is 0 Å². The molecule has 66 valence electrons. The lowest BCUT2D eigenvalue weighted by atomic mass is 10.2. The summed E-state index contributed by atoms with van der Waals surface area (Å²) in [6.45, 7) is 6.74. The Morgan fingerprint density at radius 1 is 1.31 bits per heavy atom. The molecule has 0 saturated carbocycles. The van der Waals surface area contributed by atoms with Crippen LogP contribution in [0.5, 0.6) is 0 Å². The van der Waals surface area contributed by atoms with Crippen molar-refractivity contribution in [3.63, 3.8) is 0 Å². The second-order valence-electron chi connectivity index (χ2n) is 2.86. The quantitative estimate of drug-likeness (QED) is 0.597. The number of carbonyl (C=O) groups is 1. The molecule has 0 unspecified atom stereocenters. The number of rotatable bonds is 1. The van der Waals surface area contributed by atoms with E-state index in [1.54, 1.807) is 38.4 Å². The molecule has 3 heteroatoms. The molecule has 1 aromatic rings. The molecule has 0 aliphatic heterocycles. The molecule has 0 radical (unpaired) electrons. The van der Waals surface area contributed by atoms with Crippen LogP contribution in [0.15, 0.2) is 24.3 Å². The molecule has 0 saturated heterocycles. The van der Waals surface area contributed by atoms with Crippen molar-refractivity contribution in [1.29, 1.82) is 0 Å². The third kappa shape index (κ3) is 2.06. The van der Waals surface area contributed by atoms with E-state index in [-0.39, 0.29) is 5.91 Å². The molecule has 0 aliphatic carbocycles. The second-order valence-corrected chi connectivity index (χ2v) is 2.86. The highest BCUT2D eigenvalue weighted by Gasteiger charge is 2.06. The summed E-state index contributed by atoms with van der Waals surface area (Å²) in [7, 11) is 3.40. The highest BCUT2D eigenvalue weighted by atomic mass is 16.2. The number of hydrogen-bond donors (Lipinski definition) is 0. The van der Waals surface area contributed by atoms with Gasteiger partial charge in [0.2, 0.25) is 0 Å². The Labute approximate surface area is 77.4 Å². The maximum Gasteiger partial charge on any atom is 0.253 e. The zero-order valence-electron chi connectivity index (χ0n) is 7.61. The van der Waals surface area contributed by atoms with Crippen molar-refractivity contribution in [2.75, 3.05) is 14.1 Å². The second kappa shape index (κ2) is 3.72. The summed E-state index contributed by atoms with van der Waals surface area (Å²) in [6.07, 6.45) is 0. The van der Waals surface area contributed by atoms with Crippen molar-refractivity contribution >= 4 is 11.6 Å². The minimum atomic E-state index is -0.0449. The molecule has 0 aliphatic rings. The lowest BCUT2D eigenvalue weighted by molar-refractivity contribution is 0.0827. The summed E-state index contributed by atoms with van der Waals surface area (Å²) in [6, 6.07) is 6.61. The zero-order chi connectivity index (χ0) is 9.84.